The molecule has 0 radical (unpaired) electrons. The first kappa shape index (κ1) is 12.1. The molecule has 1 N–H and O–H groups in total. The van der Waals surface area contributed by atoms with Gasteiger partial charge in [-0.2, -0.15) is 10.2 Å². The van der Waals surface area contributed by atoms with Crippen molar-refractivity contribution in [3.63, 3.8) is 0 Å². The molecule has 90 valence electrons. The van der Waals surface area contributed by atoms with E-state index in [1.165, 1.54) is 0 Å². The Labute approximate surface area is 112 Å². The van der Waals surface area contributed by atoms with Crippen LogP contribution in [-0.2, 0) is 14.1 Å². The van der Waals surface area contributed by atoms with Gasteiger partial charge in [-0.1, -0.05) is 0 Å². The van der Waals surface area contributed by atoms with E-state index in [1.54, 1.807) is 28.8 Å². The summed E-state index contributed by atoms with van der Waals surface area (Å²) in [5.74, 6) is -0.217. The summed E-state index contributed by atoms with van der Waals surface area (Å²) in [5, 5.41) is 11.0. The van der Waals surface area contributed by atoms with Crippen molar-refractivity contribution in [3.05, 3.63) is 27.4 Å². The molecule has 0 unspecified atom stereocenters. The van der Waals surface area contributed by atoms with E-state index in [9.17, 15) is 4.79 Å². The fourth-order valence-electron chi connectivity index (χ4n) is 1.42. The van der Waals surface area contributed by atoms with Gasteiger partial charge >= 0.3 is 0 Å². The SMILES string of the molecule is Cc1c(NC(=O)c2nn(C)cc2I)cnn1C. The van der Waals surface area contributed by atoms with Crippen LogP contribution in [0.15, 0.2) is 12.4 Å². The van der Waals surface area contributed by atoms with E-state index < -0.39 is 0 Å². The number of aryl methyl sites for hydroxylation is 2. The van der Waals surface area contributed by atoms with Crippen molar-refractivity contribution < 1.29 is 4.79 Å². The second kappa shape index (κ2) is 4.47. The smallest absolute Gasteiger partial charge is 0.277 e. The standard InChI is InChI=1S/C10H12IN5O/c1-6-8(4-12-16(6)3)13-10(17)9-7(11)5-15(2)14-9/h4-5H,1-3H3,(H,13,17). The topological polar surface area (TPSA) is 64.7 Å². The molecule has 0 fully saturated rings. The molecule has 1 amide bonds. The summed E-state index contributed by atoms with van der Waals surface area (Å²) in [5.41, 5.74) is 2.04. The summed E-state index contributed by atoms with van der Waals surface area (Å²) in [6.45, 7) is 1.89. The molecular formula is C10H12IN5O. The first-order valence-electron chi connectivity index (χ1n) is 4.98. The van der Waals surface area contributed by atoms with Gasteiger partial charge in [0.15, 0.2) is 5.69 Å². The van der Waals surface area contributed by atoms with E-state index in [1.807, 2.05) is 14.0 Å². The average Bonchev–Trinajstić information content (AvgIpc) is 2.75. The van der Waals surface area contributed by atoms with Crippen molar-refractivity contribution in [3.8, 4) is 0 Å². The fourth-order valence-corrected chi connectivity index (χ4v) is 2.17. The minimum atomic E-state index is -0.217. The quantitative estimate of drug-likeness (QED) is 0.835. The lowest BCUT2D eigenvalue weighted by molar-refractivity contribution is 0.102. The number of nitrogens with one attached hydrogen (secondary N) is 1. The first-order chi connectivity index (χ1) is 7.99. The Balaban J connectivity index is 2.23. The van der Waals surface area contributed by atoms with Crippen molar-refractivity contribution in [2.45, 2.75) is 6.92 Å². The molecule has 17 heavy (non-hydrogen) atoms. The predicted octanol–water partition coefficient (Wildman–Crippen LogP) is 1.32. The summed E-state index contributed by atoms with van der Waals surface area (Å²) >= 11 is 2.09. The van der Waals surface area contributed by atoms with Gasteiger partial charge in [0.2, 0.25) is 0 Å². The Bertz CT molecular complexity index is 571. The summed E-state index contributed by atoms with van der Waals surface area (Å²) in [6.07, 6.45) is 3.43. The Morgan fingerprint density at radius 3 is 2.65 bits per heavy atom. The highest BCUT2D eigenvalue weighted by Gasteiger charge is 2.16. The minimum absolute atomic E-state index is 0.217. The molecule has 2 aromatic rings. The van der Waals surface area contributed by atoms with Crippen molar-refractivity contribution >= 4 is 34.2 Å². The van der Waals surface area contributed by atoms with Crippen molar-refractivity contribution in [1.82, 2.24) is 19.6 Å². The summed E-state index contributed by atoms with van der Waals surface area (Å²) in [7, 11) is 3.61. The normalized spacial score (nSPS) is 10.6. The zero-order valence-electron chi connectivity index (χ0n) is 9.73. The van der Waals surface area contributed by atoms with Gasteiger partial charge in [-0.15, -0.1) is 0 Å². The molecule has 7 heteroatoms. The number of anilines is 1. The van der Waals surface area contributed by atoms with Gasteiger partial charge < -0.3 is 5.32 Å². The Morgan fingerprint density at radius 1 is 1.47 bits per heavy atom. The van der Waals surface area contributed by atoms with Crippen LogP contribution in [0.25, 0.3) is 0 Å². The van der Waals surface area contributed by atoms with Gasteiger partial charge in [-0.05, 0) is 29.5 Å². The number of halogens is 1. The third-order valence-electron chi connectivity index (χ3n) is 2.48. The van der Waals surface area contributed by atoms with Gasteiger partial charge in [0, 0.05) is 20.3 Å². The van der Waals surface area contributed by atoms with Gasteiger partial charge in [-0.25, -0.2) is 0 Å². The van der Waals surface area contributed by atoms with Crippen molar-refractivity contribution in [2.75, 3.05) is 5.32 Å². The second-order valence-electron chi connectivity index (χ2n) is 3.72. The third-order valence-corrected chi connectivity index (χ3v) is 3.27. The van der Waals surface area contributed by atoms with Crippen LogP contribution in [0.4, 0.5) is 5.69 Å². The maximum Gasteiger partial charge on any atom is 0.277 e. The molecular weight excluding hydrogens is 333 g/mol. The number of carbonyl (C=O) groups is 1. The summed E-state index contributed by atoms with van der Waals surface area (Å²) in [4.78, 5) is 12.0. The Kier molecular flexibility index (Phi) is 3.18. The molecule has 0 saturated heterocycles. The Hall–Kier alpha value is -1.38. The molecule has 0 aromatic carbocycles. The highest BCUT2D eigenvalue weighted by molar-refractivity contribution is 14.1. The minimum Gasteiger partial charge on any atom is -0.318 e. The van der Waals surface area contributed by atoms with Gasteiger partial charge in [0.05, 0.1) is 21.1 Å². The maximum atomic E-state index is 12.0. The zero-order chi connectivity index (χ0) is 12.6. The number of rotatable bonds is 2. The largest absolute Gasteiger partial charge is 0.318 e. The number of hydrogen-bond donors (Lipinski definition) is 1. The number of nitrogens with zero attached hydrogens (tertiary/aromatic N) is 4. The summed E-state index contributed by atoms with van der Waals surface area (Å²) in [6, 6.07) is 0. The number of aromatic nitrogens is 4. The number of amides is 1. The molecule has 2 rings (SSSR count). The lowest BCUT2D eigenvalue weighted by Crippen LogP contribution is -2.14. The highest BCUT2D eigenvalue weighted by Crippen LogP contribution is 2.15. The van der Waals surface area contributed by atoms with Crippen LogP contribution >= 0.6 is 22.6 Å². The molecule has 0 atom stereocenters. The molecule has 2 aromatic heterocycles. The molecule has 0 aliphatic heterocycles. The van der Waals surface area contributed by atoms with E-state index in [-0.39, 0.29) is 5.91 Å². The van der Waals surface area contributed by atoms with Crippen molar-refractivity contribution in [2.24, 2.45) is 14.1 Å². The number of hydrogen-bond acceptors (Lipinski definition) is 3. The van der Waals surface area contributed by atoms with Crippen LogP contribution in [0.1, 0.15) is 16.2 Å². The van der Waals surface area contributed by atoms with Gasteiger partial charge in [0.1, 0.15) is 0 Å². The predicted molar refractivity (Wildman–Crippen MR) is 71.8 cm³/mol. The monoisotopic (exact) mass is 345 g/mol. The van der Waals surface area contributed by atoms with Crippen LogP contribution in [0.5, 0.6) is 0 Å². The molecule has 0 bridgehead atoms. The Morgan fingerprint density at radius 2 is 2.18 bits per heavy atom. The van der Waals surface area contributed by atoms with E-state index >= 15 is 0 Å². The molecule has 0 aliphatic carbocycles. The third kappa shape index (κ3) is 2.33. The molecule has 0 spiro atoms. The lowest BCUT2D eigenvalue weighted by Gasteiger charge is -2.02. The van der Waals surface area contributed by atoms with Crippen LogP contribution in [-0.4, -0.2) is 25.5 Å². The van der Waals surface area contributed by atoms with Crippen LogP contribution in [0.2, 0.25) is 0 Å². The van der Waals surface area contributed by atoms with Gasteiger partial charge in [0.25, 0.3) is 5.91 Å². The number of carbonyl (C=O) groups excluding carboxylic acids is 1. The van der Waals surface area contributed by atoms with E-state index in [2.05, 4.69) is 38.1 Å². The molecule has 0 saturated carbocycles. The highest BCUT2D eigenvalue weighted by atomic mass is 127. The molecule has 0 aliphatic rings. The van der Waals surface area contributed by atoms with Gasteiger partial charge in [-0.3, -0.25) is 14.2 Å². The van der Waals surface area contributed by atoms with E-state index in [0.717, 1.165) is 9.26 Å². The lowest BCUT2D eigenvalue weighted by atomic mass is 10.3. The van der Waals surface area contributed by atoms with Crippen LogP contribution in [0, 0.1) is 10.5 Å². The van der Waals surface area contributed by atoms with Crippen LogP contribution in [0.3, 0.4) is 0 Å². The van der Waals surface area contributed by atoms with Crippen LogP contribution < -0.4 is 5.32 Å². The maximum absolute atomic E-state index is 12.0. The fraction of sp³-hybridized carbons (Fsp3) is 0.300. The molecule has 6 nitrogen and oxygen atoms in total. The summed E-state index contributed by atoms with van der Waals surface area (Å²) < 4.78 is 4.15. The first-order valence-corrected chi connectivity index (χ1v) is 6.06. The average molecular weight is 345 g/mol. The van der Waals surface area contributed by atoms with E-state index in [0.29, 0.717) is 11.4 Å². The van der Waals surface area contributed by atoms with E-state index in [4.69, 9.17) is 0 Å². The zero-order valence-corrected chi connectivity index (χ0v) is 11.9. The van der Waals surface area contributed by atoms with Crippen molar-refractivity contribution in [1.29, 1.82) is 0 Å². The second-order valence-corrected chi connectivity index (χ2v) is 4.88. The molecule has 2 heterocycles.